The Labute approximate surface area is 139 Å². The van der Waals surface area contributed by atoms with Crippen LogP contribution in [0.25, 0.3) is 0 Å². The zero-order valence-corrected chi connectivity index (χ0v) is 17.3. The lowest BCUT2D eigenvalue weighted by Gasteiger charge is -2.34. The van der Waals surface area contributed by atoms with E-state index >= 15 is 0 Å². The highest BCUT2D eigenvalue weighted by molar-refractivity contribution is 7.19. The smallest absolute Gasteiger partial charge is 0.394 e. The van der Waals surface area contributed by atoms with E-state index in [4.69, 9.17) is 22.1 Å². The number of hydrogen-bond donors (Lipinski definition) is 0. The van der Waals surface area contributed by atoms with Gasteiger partial charge < -0.3 is 22.1 Å². The van der Waals surface area contributed by atoms with E-state index in [0.717, 1.165) is 32.1 Å². The Morgan fingerprint density at radius 2 is 0.864 bits per heavy atom. The summed E-state index contributed by atoms with van der Waals surface area (Å²) in [5.41, 5.74) is 0. The molecular formula is C15H36O5Si2. The maximum absolute atomic E-state index is 6.15. The van der Waals surface area contributed by atoms with Crippen LogP contribution in [0.4, 0.5) is 0 Å². The zero-order chi connectivity index (χ0) is 16.7. The second-order valence-corrected chi connectivity index (χ2v) is 12.2. The van der Waals surface area contributed by atoms with Gasteiger partial charge in [-0.2, -0.15) is 0 Å². The average Bonchev–Trinajstić information content (AvgIpc) is 2.55. The first kappa shape index (κ1) is 22.2. The van der Waals surface area contributed by atoms with Gasteiger partial charge in [-0.25, -0.2) is 0 Å². The van der Waals surface area contributed by atoms with Crippen molar-refractivity contribution >= 4 is 17.1 Å². The van der Waals surface area contributed by atoms with E-state index in [9.17, 15) is 0 Å². The first-order chi connectivity index (χ1) is 10.7. The van der Waals surface area contributed by atoms with Crippen molar-refractivity contribution in [1.82, 2.24) is 0 Å². The SMILES string of the molecule is CCCO[SiH](OCCC)[Si](OCCC)(OCCC)OCCC. The summed E-state index contributed by atoms with van der Waals surface area (Å²) in [5.74, 6) is 0. The third-order valence-corrected chi connectivity index (χ3v) is 10.5. The van der Waals surface area contributed by atoms with E-state index in [1.54, 1.807) is 0 Å². The summed E-state index contributed by atoms with van der Waals surface area (Å²) in [6.07, 6.45) is 4.71. The zero-order valence-electron chi connectivity index (χ0n) is 15.2. The summed E-state index contributed by atoms with van der Waals surface area (Å²) in [4.78, 5) is 0. The van der Waals surface area contributed by atoms with Gasteiger partial charge in [-0.1, -0.05) is 34.6 Å². The second-order valence-electron chi connectivity index (χ2n) is 5.22. The molecule has 0 heterocycles. The Kier molecular flexibility index (Phi) is 15.0. The van der Waals surface area contributed by atoms with E-state index in [-0.39, 0.29) is 0 Å². The maximum Gasteiger partial charge on any atom is 0.535 e. The van der Waals surface area contributed by atoms with E-state index < -0.39 is 17.1 Å². The van der Waals surface area contributed by atoms with Gasteiger partial charge in [-0.15, -0.1) is 0 Å². The summed E-state index contributed by atoms with van der Waals surface area (Å²) < 4.78 is 30.5. The predicted molar refractivity (Wildman–Crippen MR) is 94.1 cm³/mol. The van der Waals surface area contributed by atoms with Crippen molar-refractivity contribution in [2.75, 3.05) is 33.0 Å². The van der Waals surface area contributed by atoms with Crippen molar-refractivity contribution in [2.45, 2.75) is 66.7 Å². The fraction of sp³-hybridized carbons (Fsp3) is 1.00. The van der Waals surface area contributed by atoms with Crippen LogP contribution in [0.15, 0.2) is 0 Å². The molecule has 0 saturated carbocycles. The van der Waals surface area contributed by atoms with Crippen LogP contribution in [-0.2, 0) is 22.1 Å². The van der Waals surface area contributed by atoms with Gasteiger partial charge in [0.1, 0.15) is 0 Å². The quantitative estimate of drug-likeness (QED) is 0.399. The van der Waals surface area contributed by atoms with Gasteiger partial charge in [0.05, 0.1) is 0 Å². The third kappa shape index (κ3) is 8.76. The molecule has 0 N–H and O–H groups in total. The average molecular weight is 353 g/mol. The van der Waals surface area contributed by atoms with Gasteiger partial charge in [-0.05, 0) is 32.1 Å². The Hall–Kier alpha value is 0.234. The lowest BCUT2D eigenvalue weighted by Crippen LogP contribution is -2.62. The van der Waals surface area contributed by atoms with Gasteiger partial charge in [-0.3, -0.25) is 0 Å². The van der Waals surface area contributed by atoms with Crippen LogP contribution in [0.3, 0.4) is 0 Å². The van der Waals surface area contributed by atoms with Gasteiger partial charge in [0.15, 0.2) is 0 Å². The molecule has 0 aliphatic carbocycles. The van der Waals surface area contributed by atoms with Gasteiger partial charge in [0.25, 0.3) is 0 Å². The Morgan fingerprint density at radius 3 is 1.14 bits per heavy atom. The first-order valence-electron chi connectivity index (χ1n) is 8.85. The maximum atomic E-state index is 6.15. The molecule has 0 fully saturated rings. The number of rotatable bonds is 16. The molecule has 0 rings (SSSR count). The summed E-state index contributed by atoms with van der Waals surface area (Å²) in [6, 6.07) is 0. The topological polar surface area (TPSA) is 46.2 Å². The molecule has 0 atom stereocenters. The Balaban J connectivity index is 5.13. The molecule has 0 radical (unpaired) electrons. The minimum atomic E-state index is -2.87. The van der Waals surface area contributed by atoms with Crippen LogP contribution < -0.4 is 0 Å². The van der Waals surface area contributed by atoms with Crippen molar-refractivity contribution in [3.05, 3.63) is 0 Å². The van der Waals surface area contributed by atoms with E-state index in [1.165, 1.54) is 0 Å². The lowest BCUT2D eigenvalue weighted by atomic mass is 10.5. The van der Waals surface area contributed by atoms with Crippen LogP contribution >= 0.6 is 0 Å². The summed E-state index contributed by atoms with van der Waals surface area (Å²) in [7, 11) is -5.01. The van der Waals surface area contributed by atoms with E-state index in [2.05, 4.69) is 34.6 Å². The molecule has 0 bridgehead atoms. The van der Waals surface area contributed by atoms with Crippen molar-refractivity contribution in [2.24, 2.45) is 0 Å². The van der Waals surface area contributed by atoms with Crippen LogP contribution in [0.2, 0.25) is 0 Å². The van der Waals surface area contributed by atoms with Crippen molar-refractivity contribution in [1.29, 1.82) is 0 Å². The molecule has 0 aromatic carbocycles. The molecule has 5 nitrogen and oxygen atoms in total. The van der Waals surface area contributed by atoms with Crippen LogP contribution in [0, 0.1) is 0 Å². The van der Waals surface area contributed by atoms with Crippen LogP contribution in [-0.4, -0.2) is 50.2 Å². The molecule has 0 spiro atoms. The normalized spacial score (nSPS) is 12.3. The van der Waals surface area contributed by atoms with Gasteiger partial charge in [0, 0.05) is 33.0 Å². The fourth-order valence-corrected chi connectivity index (χ4v) is 9.51. The summed E-state index contributed by atoms with van der Waals surface area (Å²) in [6.45, 7) is 13.7. The Morgan fingerprint density at radius 1 is 0.545 bits per heavy atom. The molecule has 0 unspecified atom stereocenters. The van der Waals surface area contributed by atoms with Crippen molar-refractivity contribution < 1.29 is 22.1 Å². The summed E-state index contributed by atoms with van der Waals surface area (Å²) in [5, 5.41) is 0. The first-order valence-corrected chi connectivity index (χ1v) is 13.3. The predicted octanol–water partition coefficient (Wildman–Crippen LogP) is 3.36. The molecule has 22 heavy (non-hydrogen) atoms. The minimum absolute atomic E-state index is 0.633. The molecule has 0 aromatic rings. The van der Waals surface area contributed by atoms with E-state index in [1.807, 2.05) is 0 Å². The van der Waals surface area contributed by atoms with Crippen LogP contribution in [0.5, 0.6) is 0 Å². The highest BCUT2D eigenvalue weighted by Gasteiger charge is 2.54. The molecule has 0 amide bonds. The molecule has 0 aromatic heterocycles. The molecule has 7 heteroatoms. The van der Waals surface area contributed by atoms with Crippen molar-refractivity contribution in [3.63, 3.8) is 0 Å². The van der Waals surface area contributed by atoms with Crippen molar-refractivity contribution in [3.8, 4) is 0 Å². The minimum Gasteiger partial charge on any atom is -0.394 e. The van der Waals surface area contributed by atoms with Crippen LogP contribution in [0.1, 0.15) is 66.7 Å². The monoisotopic (exact) mass is 352 g/mol. The third-order valence-electron chi connectivity index (χ3n) is 2.76. The van der Waals surface area contributed by atoms with Gasteiger partial charge >= 0.3 is 17.1 Å². The Bertz CT molecular complexity index is 214. The molecule has 0 saturated heterocycles. The number of hydrogen-bond acceptors (Lipinski definition) is 5. The highest BCUT2D eigenvalue weighted by Crippen LogP contribution is 2.18. The molecule has 0 aliphatic rings. The molecule has 134 valence electrons. The highest BCUT2D eigenvalue weighted by atomic mass is 29.3. The second kappa shape index (κ2) is 14.8. The standard InChI is InChI=1S/C15H36O5Si2/c1-6-11-16-21(17-12-7-2)22(18-13-8-3,19-14-9-4)20-15-10-5/h21H,6-15H2,1-5H3. The van der Waals surface area contributed by atoms with Gasteiger partial charge in [0.2, 0.25) is 0 Å². The molecular weight excluding hydrogens is 316 g/mol. The molecule has 0 aliphatic heterocycles. The lowest BCUT2D eigenvalue weighted by molar-refractivity contribution is 0.0597. The largest absolute Gasteiger partial charge is 0.535 e. The van der Waals surface area contributed by atoms with E-state index in [0.29, 0.717) is 33.0 Å². The fourth-order valence-electron chi connectivity index (χ4n) is 1.76. The summed E-state index contributed by atoms with van der Waals surface area (Å²) >= 11 is 0.